The Balaban J connectivity index is 1.83. The molecule has 0 aliphatic carbocycles. The summed E-state index contributed by atoms with van der Waals surface area (Å²) in [5, 5.41) is 3.16. The number of hydrogen-bond donors (Lipinski definition) is 1. The van der Waals surface area contributed by atoms with E-state index in [9.17, 15) is 14.0 Å². The molecule has 1 saturated heterocycles. The average Bonchev–Trinajstić information content (AvgIpc) is 2.59. The maximum Gasteiger partial charge on any atom is 0.223 e. The van der Waals surface area contributed by atoms with Crippen LogP contribution in [0.2, 0.25) is 0 Å². The van der Waals surface area contributed by atoms with Crippen LogP contribution in [0.3, 0.4) is 0 Å². The second-order valence-electron chi connectivity index (χ2n) is 6.70. The van der Waals surface area contributed by atoms with E-state index in [1.54, 1.807) is 13.0 Å². The molecule has 0 saturated carbocycles. The van der Waals surface area contributed by atoms with E-state index in [4.69, 9.17) is 0 Å². The molecule has 1 aromatic carbocycles. The Kier molecular flexibility index (Phi) is 6.91. The van der Waals surface area contributed by atoms with Gasteiger partial charge in [0.2, 0.25) is 5.91 Å². The molecule has 1 aliphatic rings. The SMILES string of the molecule is CNCCC1CCN(C(=O)CC(C)C(=O)c2cccc(F)c2)CC1. The minimum Gasteiger partial charge on any atom is -0.343 e. The van der Waals surface area contributed by atoms with E-state index in [0.29, 0.717) is 11.5 Å². The normalized spacial score (nSPS) is 16.9. The van der Waals surface area contributed by atoms with Crippen molar-refractivity contribution in [3.05, 3.63) is 35.6 Å². The molecule has 0 radical (unpaired) electrons. The molecule has 1 fully saturated rings. The number of nitrogens with one attached hydrogen (secondary N) is 1. The molecule has 1 aliphatic heterocycles. The van der Waals surface area contributed by atoms with Gasteiger partial charge in [-0.2, -0.15) is 0 Å². The summed E-state index contributed by atoms with van der Waals surface area (Å²) < 4.78 is 13.2. The highest BCUT2D eigenvalue weighted by Crippen LogP contribution is 2.22. The quantitative estimate of drug-likeness (QED) is 0.780. The monoisotopic (exact) mass is 334 g/mol. The Morgan fingerprint density at radius 1 is 1.33 bits per heavy atom. The second-order valence-corrected chi connectivity index (χ2v) is 6.70. The second kappa shape index (κ2) is 8.92. The van der Waals surface area contributed by atoms with Crippen LogP contribution in [0.5, 0.6) is 0 Å². The zero-order chi connectivity index (χ0) is 17.5. The van der Waals surface area contributed by atoms with Gasteiger partial charge in [0.15, 0.2) is 5.78 Å². The minimum absolute atomic E-state index is 0.0271. The maximum absolute atomic E-state index is 13.2. The van der Waals surface area contributed by atoms with Gasteiger partial charge in [0.05, 0.1) is 0 Å². The first kappa shape index (κ1) is 18.6. The molecule has 5 heteroatoms. The predicted octanol–water partition coefficient (Wildman–Crippen LogP) is 2.88. The van der Waals surface area contributed by atoms with E-state index in [1.807, 2.05) is 11.9 Å². The number of amides is 1. The van der Waals surface area contributed by atoms with Gasteiger partial charge < -0.3 is 10.2 Å². The van der Waals surface area contributed by atoms with Gasteiger partial charge in [0.25, 0.3) is 0 Å². The van der Waals surface area contributed by atoms with Crippen molar-refractivity contribution in [1.29, 1.82) is 0 Å². The number of halogens is 1. The van der Waals surface area contributed by atoms with Crippen molar-refractivity contribution in [2.24, 2.45) is 11.8 Å². The summed E-state index contributed by atoms with van der Waals surface area (Å²) in [4.78, 5) is 26.6. The number of likely N-dealkylation sites (tertiary alicyclic amines) is 1. The number of piperidine rings is 1. The van der Waals surface area contributed by atoms with Gasteiger partial charge >= 0.3 is 0 Å². The predicted molar refractivity (Wildman–Crippen MR) is 92.4 cm³/mol. The van der Waals surface area contributed by atoms with Crippen LogP contribution in [0.15, 0.2) is 24.3 Å². The summed E-state index contributed by atoms with van der Waals surface area (Å²) in [6.45, 7) is 4.30. The van der Waals surface area contributed by atoms with E-state index < -0.39 is 11.7 Å². The van der Waals surface area contributed by atoms with Crippen LogP contribution >= 0.6 is 0 Å². The molecule has 132 valence electrons. The van der Waals surface area contributed by atoms with Crippen LogP contribution in [0.25, 0.3) is 0 Å². The van der Waals surface area contributed by atoms with Gasteiger partial charge in [-0.05, 0) is 50.9 Å². The van der Waals surface area contributed by atoms with Crippen LogP contribution in [-0.4, -0.2) is 43.3 Å². The van der Waals surface area contributed by atoms with Crippen LogP contribution in [0.4, 0.5) is 4.39 Å². The molecule has 24 heavy (non-hydrogen) atoms. The number of carbonyl (C=O) groups is 2. The Bertz CT molecular complexity index is 568. The number of Topliss-reactive ketones (excluding diaryl/α,β-unsaturated/α-hetero) is 1. The summed E-state index contributed by atoms with van der Waals surface area (Å²) in [5.74, 6) is -0.330. The fourth-order valence-electron chi connectivity index (χ4n) is 3.23. The van der Waals surface area contributed by atoms with Crippen molar-refractivity contribution in [3.8, 4) is 0 Å². The Morgan fingerprint density at radius 2 is 2.04 bits per heavy atom. The van der Waals surface area contributed by atoms with Gasteiger partial charge in [0.1, 0.15) is 5.82 Å². The Morgan fingerprint density at radius 3 is 2.67 bits per heavy atom. The molecule has 1 amide bonds. The van der Waals surface area contributed by atoms with E-state index in [2.05, 4.69) is 5.32 Å². The van der Waals surface area contributed by atoms with Gasteiger partial charge in [-0.15, -0.1) is 0 Å². The first-order chi connectivity index (χ1) is 11.5. The summed E-state index contributed by atoms with van der Waals surface area (Å²) in [6.07, 6.45) is 3.39. The summed E-state index contributed by atoms with van der Waals surface area (Å²) >= 11 is 0. The van der Waals surface area contributed by atoms with Gasteiger partial charge in [-0.25, -0.2) is 4.39 Å². The van der Waals surface area contributed by atoms with E-state index in [-0.39, 0.29) is 18.1 Å². The number of nitrogens with zero attached hydrogens (tertiary/aromatic N) is 1. The standard InChI is InChI=1S/C19H27FN2O2/c1-14(19(24)16-4-3-5-17(20)13-16)12-18(23)22-10-7-15(8-11-22)6-9-21-2/h3-5,13-15,21H,6-12H2,1-2H3. The van der Waals surface area contributed by atoms with Crippen molar-refractivity contribution in [3.63, 3.8) is 0 Å². The molecule has 1 heterocycles. The van der Waals surface area contributed by atoms with Crippen molar-refractivity contribution >= 4 is 11.7 Å². The molecule has 0 bridgehead atoms. The number of rotatable bonds is 7. The van der Waals surface area contributed by atoms with E-state index in [1.165, 1.54) is 18.2 Å². The first-order valence-corrected chi connectivity index (χ1v) is 8.73. The highest BCUT2D eigenvalue weighted by atomic mass is 19.1. The molecule has 4 nitrogen and oxygen atoms in total. The van der Waals surface area contributed by atoms with Crippen molar-refractivity contribution in [2.45, 2.75) is 32.6 Å². The van der Waals surface area contributed by atoms with Crippen LogP contribution in [-0.2, 0) is 4.79 Å². The lowest BCUT2D eigenvalue weighted by atomic mass is 9.92. The molecule has 2 rings (SSSR count). The summed E-state index contributed by atoms with van der Waals surface area (Å²) in [6, 6.07) is 5.66. The minimum atomic E-state index is -0.429. The third kappa shape index (κ3) is 5.13. The van der Waals surface area contributed by atoms with Gasteiger partial charge in [-0.3, -0.25) is 9.59 Å². The Labute approximate surface area is 143 Å². The molecular weight excluding hydrogens is 307 g/mol. The van der Waals surface area contributed by atoms with Gasteiger partial charge in [0, 0.05) is 31.0 Å². The van der Waals surface area contributed by atoms with E-state index >= 15 is 0 Å². The van der Waals surface area contributed by atoms with Crippen molar-refractivity contribution < 1.29 is 14.0 Å². The first-order valence-electron chi connectivity index (χ1n) is 8.73. The largest absolute Gasteiger partial charge is 0.343 e. The number of benzene rings is 1. The highest BCUT2D eigenvalue weighted by Gasteiger charge is 2.26. The Hall–Kier alpha value is -1.75. The number of hydrogen-bond acceptors (Lipinski definition) is 3. The third-order valence-electron chi connectivity index (χ3n) is 4.81. The average molecular weight is 334 g/mol. The molecule has 0 spiro atoms. The number of ketones is 1. The van der Waals surface area contributed by atoms with Crippen LogP contribution < -0.4 is 5.32 Å². The third-order valence-corrected chi connectivity index (χ3v) is 4.81. The van der Waals surface area contributed by atoms with Crippen molar-refractivity contribution in [1.82, 2.24) is 10.2 Å². The van der Waals surface area contributed by atoms with Crippen molar-refractivity contribution in [2.75, 3.05) is 26.7 Å². The fourth-order valence-corrected chi connectivity index (χ4v) is 3.23. The molecule has 0 aromatic heterocycles. The topological polar surface area (TPSA) is 49.4 Å². The highest BCUT2D eigenvalue weighted by molar-refractivity contribution is 5.99. The zero-order valence-corrected chi connectivity index (χ0v) is 14.6. The number of carbonyl (C=O) groups excluding carboxylic acids is 2. The maximum atomic E-state index is 13.2. The lowest BCUT2D eigenvalue weighted by molar-refractivity contribution is -0.133. The van der Waals surface area contributed by atoms with Gasteiger partial charge in [-0.1, -0.05) is 19.1 Å². The molecule has 1 N–H and O–H groups in total. The smallest absolute Gasteiger partial charge is 0.223 e. The molecule has 1 unspecified atom stereocenters. The summed E-state index contributed by atoms with van der Waals surface area (Å²) in [5.41, 5.74) is 0.334. The summed E-state index contributed by atoms with van der Waals surface area (Å²) in [7, 11) is 1.95. The molecular formula is C19H27FN2O2. The lowest BCUT2D eigenvalue weighted by Crippen LogP contribution is -2.40. The molecule has 1 aromatic rings. The fraction of sp³-hybridized carbons (Fsp3) is 0.579. The van der Waals surface area contributed by atoms with Crippen LogP contribution in [0.1, 0.15) is 43.0 Å². The van der Waals surface area contributed by atoms with E-state index in [0.717, 1.165) is 38.9 Å². The lowest BCUT2D eigenvalue weighted by Gasteiger charge is -2.32. The zero-order valence-electron chi connectivity index (χ0n) is 14.6. The van der Waals surface area contributed by atoms with Crippen LogP contribution in [0, 0.1) is 17.7 Å². The molecule has 1 atom stereocenters.